The van der Waals surface area contributed by atoms with Crippen LogP contribution >= 0.6 is 24.8 Å². The molecular formula is C14H19Cl2N5O4. The van der Waals surface area contributed by atoms with Crippen LogP contribution in [0.3, 0.4) is 0 Å². The van der Waals surface area contributed by atoms with E-state index in [0.717, 1.165) is 0 Å². The maximum Gasteiger partial charge on any atom is 0.327 e. The summed E-state index contributed by atoms with van der Waals surface area (Å²) in [6.45, 7) is 3.13. The van der Waals surface area contributed by atoms with Crippen molar-refractivity contribution in [3.8, 4) is 0 Å². The average molecular weight is 392 g/mol. The Balaban J connectivity index is 0.00000156. The minimum absolute atomic E-state index is 0. The van der Waals surface area contributed by atoms with Crippen molar-refractivity contribution in [2.45, 2.75) is 13.0 Å². The quantitative estimate of drug-likeness (QED) is 0.458. The molecule has 2 unspecified atom stereocenters. The van der Waals surface area contributed by atoms with Crippen LogP contribution in [0, 0.1) is 12.8 Å². The molecule has 2 atom stereocenters. The number of rotatable bonds is 3. The van der Waals surface area contributed by atoms with Gasteiger partial charge in [-0.2, -0.15) is 0 Å². The molecule has 11 heteroatoms. The van der Waals surface area contributed by atoms with Crippen LogP contribution in [-0.2, 0) is 0 Å². The summed E-state index contributed by atoms with van der Waals surface area (Å²) >= 11 is 0. The van der Waals surface area contributed by atoms with Gasteiger partial charge in [-0.15, -0.1) is 24.8 Å². The number of aliphatic hydroxyl groups excluding tert-OH is 1. The molecule has 5 N–H and O–H groups in total. The molecule has 0 aliphatic carbocycles. The predicted octanol–water partition coefficient (Wildman–Crippen LogP) is -0.926. The summed E-state index contributed by atoms with van der Waals surface area (Å²) in [5.41, 5.74) is -0.489. The summed E-state index contributed by atoms with van der Waals surface area (Å²) < 4.78 is 0. The number of halogens is 2. The molecule has 0 bridgehead atoms. The molecular weight excluding hydrogens is 373 g/mol. The van der Waals surface area contributed by atoms with Crippen LogP contribution in [0.1, 0.15) is 16.1 Å². The van der Waals surface area contributed by atoms with Gasteiger partial charge in [0.15, 0.2) is 0 Å². The molecule has 138 valence electrons. The molecule has 1 aliphatic heterocycles. The van der Waals surface area contributed by atoms with Crippen molar-refractivity contribution in [1.29, 1.82) is 0 Å². The van der Waals surface area contributed by atoms with Gasteiger partial charge in [-0.05, 0) is 18.6 Å². The van der Waals surface area contributed by atoms with Crippen molar-refractivity contribution in [3.63, 3.8) is 0 Å². The van der Waals surface area contributed by atoms with E-state index in [1.807, 2.05) is 0 Å². The van der Waals surface area contributed by atoms with Crippen LogP contribution in [-0.4, -0.2) is 51.7 Å². The highest BCUT2D eigenvalue weighted by atomic mass is 35.5. The number of aryl methyl sites for hydroxylation is 1. The Labute approximate surface area is 154 Å². The lowest BCUT2D eigenvalue weighted by molar-refractivity contribution is 0.0922. The van der Waals surface area contributed by atoms with Gasteiger partial charge >= 0.3 is 5.69 Å². The lowest BCUT2D eigenvalue weighted by atomic mass is 10.1. The molecule has 25 heavy (non-hydrogen) atoms. The van der Waals surface area contributed by atoms with Gasteiger partial charge in [0.1, 0.15) is 11.3 Å². The zero-order valence-corrected chi connectivity index (χ0v) is 14.9. The largest absolute Gasteiger partial charge is 0.391 e. The van der Waals surface area contributed by atoms with Crippen LogP contribution in [0.25, 0.3) is 11.0 Å². The summed E-state index contributed by atoms with van der Waals surface area (Å²) in [5, 5.41) is 15.7. The van der Waals surface area contributed by atoms with E-state index in [4.69, 9.17) is 0 Å². The number of pyridine rings is 1. The highest BCUT2D eigenvalue weighted by molar-refractivity contribution is 5.95. The van der Waals surface area contributed by atoms with E-state index < -0.39 is 23.3 Å². The van der Waals surface area contributed by atoms with Crippen molar-refractivity contribution in [2.75, 3.05) is 19.6 Å². The molecule has 0 aromatic carbocycles. The fourth-order valence-electron chi connectivity index (χ4n) is 2.71. The van der Waals surface area contributed by atoms with E-state index in [-0.39, 0.29) is 47.5 Å². The van der Waals surface area contributed by atoms with Gasteiger partial charge < -0.3 is 15.7 Å². The van der Waals surface area contributed by atoms with Crippen molar-refractivity contribution in [2.24, 2.45) is 5.92 Å². The Kier molecular flexibility index (Phi) is 7.12. The van der Waals surface area contributed by atoms with Gasteiger partial charge in [-0.25, -0.2) is 9.78 Å². The molecule has 2 aromatic heterocycles. The fourth-order valence-corrected chi connectivity index (χ4v) is 2.71. The van der Waals surface area contributed by atoms with Crippen LogP contribution in [0.2, 0.25) is 0 Å². The third-order valence-corrected chi connectivity index (χ3v) is 3.96. The van der Waals surface area contributed by atoms with Crippen LogP contribution in [0.5, 0.6) is 0 Å². The number of aromatic nitrogens is 3. The average Bonchev–Trinajstić information content (AvgIpc) is 2.88. The highest BCUT2D eigenvalue weighted by Gasteiger charge is 2.25. The second-order valence-corrected chi connectivity index (χ2v) is 5.65. The molecule has 1 aliphatic rings. The maximum atomic E-state index is 12.2. The standard InChI is InChI=1S/C14H17N5O4.2ClH/c1-6-2-8(12(21)16-4-7-3-15-5-9(7)20)17-11-10(6)13(22)19-14(23)18-11;;/h2,7,9,15,20H,3-5H2,1H3,(H,16,21)(H2,17,18,19,22,23);2*1H. The SMILES string of the molecule is Cc1cc(C(=O)NCC2CNCC2O)nc2[nH]c(=O)[nH]c(=O)c12.Cl.Cl. The number of hydrogen-bond acceptors (Lipinski definition) is 6. The van der Waals surface area contributed by atoms with Gasteiger partial charge in [0.05, 0.1) is 11.5 Å². The normalized spacial score (nSPS) is 19.1. The minimum atomic E-state index is -0.674. The zero-order valence-electron chi connectivity index (χ0n) is 13.3. The molecule has 1 amide bonds. The van der Waals surface area contributed by atoms with Crippen molar-refractivity contribution in [1.82, 2.24) is 25.6 Å². The summed E-state index contributed by atoms with van der Waals surface area (Å²) in [5.74, 6) is -0.474. The van der Waals surface area contributed by atoms with Crippen LogP contribution < -0.4 is 21.9 Å². The van der Waals surface area contributed by atoms with Gasteiger partial charge in [0.25, 0.3) is 11.5 Å². The maximum absolute atomic E-state index is 12.2. The van der Waals surface area contributed by atoms with E-state index in [1.165, 1.54) is 6.07 Å². The van der Waals surface area contributed by atoms with Crippen LogP contribution in [0.4, 0.5) is 0 Å². The summed E-state index contributed by atoms with van der Waals surface area (Å²) in [7, 11) is 0. The molecule has 1 fully saturated rings. The zero-order chi connectivity index (χ0) is 16.6. The van der Waals surface area contributed by atoms with E-state index in [1.54, 1.807) is 6.92 Å². The van der Waals surface area contributed by atoms with Crippen molar-refractivity contribution < 1.29 is 9.90 Å². The number of aromatic amines is 2. The van der Waals surface area contributed by atoms with E-state index in [9.17, 15) is 19.5 Å². The van der Waals surface area contributed by atoms with Gasteiger partial charge in [0.2, 0.25) is 0 Å². The molecule has 0 saturated carbocycles. The first kappa shape index (κ1) is 21.1. The number of amides is 1. The number of aliphatic hydroxyl groups is 1. The first-order valence-corrected chi connectivity index (χ1v) is 7.26. The minimum Gasteiger partial charge on any atom is -0.391 e. The lowest BCUT2D eigenvalue weighted by Gasteiger charge is -2.14. The molecule has 3 heterocycles. The number of hydrogen-bond donors (Lipinski definition) is 5. The predicted molar refractivity (Wildman–Crippen MR) is 96.9 cm³/mol. The first-order valence-electron chi connectivity index (χ1n) is 7.26. The first-order chi connectivity index (χ1) is 11.0. The monoisotopic (exact) mass is 391 g/mol. The third kappa shape index (κ3) is 4.37. The molecule has 0 spiro atoms. The number of carbonyl (C=O) groups excluding carboxylic acids is 1. The summed E-state index contributed by atoms with van der Waals surface area (Å²) in [6.07, 6.45) is -0.489. The van der Waals surface area contributed by atoms with Crippen molar-refractivity contribution >= 4 is 41.8 Å². The molecule has 2 aromatic rings. The molecule has 9 nitrogen and oxygen atoms in total. The number of fused-ring (bicyclic) bond motifs is 1. The number of nitrogens with zero attached hydrogens (tertiary/aromatic N) is 1. The third-order valence-electron chi connectivity index (χ3n) is 3.96. The number of β-amino-alcohol motifs (C(OH)–C–C–N with tert-alkyl or cyclic N) is 1. The number of nitrogens with one attached hydrogen (secondary N) is 4. The highest BCUT2D eigenvalue weighted by Crippen LogP contribution is 2.11. The van der Waals surface area contributed by atoms with Gasteiger partial charge in [0, 0.05) is 25.6 Å². The fraction of sp³-hybridized carbons (Fsp3) is 0.429. The van der Waals surface area contributed by atoms with E-state index in [2.05, 4.69) is 25.6 Å². The Morgan fingerprint density at radius 2 is 2.04 bits per heavy atom. The summed E-state index contributed by atoms with van der Waals surface area (Å²) in [6, 6.07) is 1.49. The van der Waals surface area contributed by atoms with Gasteiger partial charge in [-0.3, -0.25) is 19.6 Å². The lowest BCUT2D eigenvalue weighted by Crippen LogP contribution is -2.35. The number of carbonyl (C=O) groups is 1. The second kappa shape index (κ2) is 8.43. The Morgan fingerprint density at radius 1 is 1.32 bits per heavy atom. The Hall–Kier alpha value is -1.94. The molecule has 1 saturated heterocycles. The smallest absolute Gasteiger partial charge is 0.327 e. The summed E-state index contributed by atoms with van der Waals surface area (Å²) in [4.78, 5) is 44.0. The Bertz CT molecular complexity index is 882. The van der Waals surface area contributed by atoms with Gasteiger partial charge in [-0.1, -0.05) is 0 Å². The van der Waals surface area contributed by atoms with E-state index >= 15 is 0 Å². The van der Waals surface area contributed by atoms with E-state index in [0.29, 0.717) is 25.2 Å². The molecule has 3 rings (SSSR count). The second-order valence-electron chi connectivity index (χ2n) is 5.65. The van der Waals surface area contributed by atoms with Crippen LogP contribution in [0.15, 0.2) is 15.7 Å². The molecule has 0 radical (unpaired) electrons. The van der Waals surface area contributed by atoms with Crippen molar-refractivity contribution in [3.05, 3.63) is 38.2 Å². The number of H-pyrrole nitrogens is 2. The topological polar surface area (TPSA) is 140 Å². The Morgan fingerprint density at radius 3 is 2.68 bits per heavy atom.